The molecule has 138 valence electrons. The molecule has 0 aliphatic rings. The van der Waals surface area contributed by atoms with Crippen LogP contribution in [0, 0.1) is 0 Å². The SMILES string of the molecule is O=S(=O)(c1cn(-c2c(Cl)cc(C(F)(F)F)cc2Cl)c(Br)n1)C(F)(Cl)Cl. The Kier molecular flexibility index (Phi) is 5.66. The number of hydrogen-bond acceptors (Lipinski definition) is 3. The zero-order chi connectivity index (χ0) is 19.4. The zero-order valence-corrected chi connectivity index (χ0v) is 16.7. The molecule has 1 heterocycles. The molecule has 0 fully saturated rings. The summed E-state index contributed by atoms with van der Waals surface area (Å²) in [6.45, 7) is 0. The Labute approximate surface area is 166 Å². The van der Waals surface area contributed by atoms with Gasteiger partial charge in [-0.15, -0.1) is 0 Å². The second kappa shape index (κ2) is 6.72. The lowest BCUT2D eigenvalue weighted by atomic mass is 10.2. The average Bonchev–Trinajstić information content (AvgIpc) is 2.78. The van der Waals surface area contributed by atoms with Crippen LogP contribution in [0.25, 0.3) is 5.69 Å². The number of sulfone groups is 1. The number of hydrogen-bond donors (Lipinski definition) is 0. The highest BCUT2D eigenvalue weighted by Gasteiger charge is 2.44. The van der Waals surface area contributed by atoms with E-state index in [9.17, 15) is 26.0 Å². The van der Waals surface area contributed by atoms with Crippen molar-refractivity contribution < 1.29 is 26.0 Å². The molecule has 0 radical (unpaired) electrons. The van der Waals surface area contributed by atoms with Gasteiger partial charge < -0.3 is 0 Å². The van der Waals surface area contributed by atoms with E-state index in [1.165, 1.54) is 0 Å². The van der Waals surface area contributed by atoms with Crippen LogP contribution in [-0.4, -0.2) is 21.9 Å². The van der Waals surface area contributed by atoms with Gasteiger partial charge in [0.25, 0.3) is 9.84 Å². The Hall–Kier alpha value is -0.260. The Morgan fingerprint density at radius 3 is 1.96 bits per heavy atom. The maximum Gasteiger partial charge on any atom is 0.416 e. The standard InChI is InChI=1S/C11H3BrCl4F4N2O2S/c12-9-21-7(25(23,24)11(15,16)20)3-22(9)8-5(13)1-4(2-6(8)14)10(17,18)19/h1-3H. The average molecular weight is 525 g/mol. The van der Waals surface area contributed by atoms with Crippen LogP contribution in [-0.2, 0) is 16.0 Å². The van der Waals surface area contributed by atoms with Crippen molar-refractivity contribution in [2.75, 3.05) is 0 Å². The molecule has 0 bridgehead atoms. The van der Waals surface area contributed by atoms with Gasteiger partial charge in [0.2, 0.25) is 0 Å². The molecule has 0 aliphatic carbocycles. The second-order valence-electron chi connectivity index (χ2n) is 4.45. The second-order valence-corrected chi connectivity index (χ2v) is 9.65. The van der Waals surface area contributed by atoms with Crippen molar-refractivity contribution in [2.24, 2.45) is 0 Å². The summed E-state index contributed by atoms with van der Waals surface area (Å²) >= 11 is 24.5. The molecule has 0 aliphatic heterocycles. The lowest BCUT2D eigenvalue weighted by Gasteiger charge is -2.13. The van der Waals surface area contributed by atoms with Gasteiger partial charge in [-0.3, -0.25) is 4.57 Å². The Morgan fingerprint density at radius 2 is 1.56 bits per heavy atom. The molecular weight excluding hydrogens is 522 g/mol. The predicted molar refractivity (Wildman–Crippen MR) is 89.0 cm³/mol. The van der Waals surface area contributed by atoms with Crippen molar-refractivity contribution in [3.8, 4) is 5.69 Å². The monoisotopic (exact) mass is 522 g/mol. The topological polar surface area (TPSA) is 52.0 Å². The molecule has 0 saturated heterocycles. The minimum absolute atomic E-state index is 0.217. The van der Waals surface area contributed by atoms with E-state index in [4.69, 9.17) is 46.4 Å². The van der Waals surface area contributed by atoms with Crippen molar-refractivity contribution in [3.63, 3.8) is 0 Å². The van der Waals surface area contributed by atoms with E-state index in [0.717, 1.165) is 10.8 Å². The third-order valence-electron chi connectivity index (χ3n) is 2.81. The van der Waals surface area contributed by atoms with Crippen molar-refractivity contribution in [2.45, 2.75) is 15.1 Å². The summed E-state index contributed by atoms with van der Waals surface area (Å²) in [7, 11) is -4.91. The van der Waals surface area contributed by atoms with Crippen LogP contribution in [0.4, 0.5) is 17.6 Å². The van der Waals surface area contributed by atoms with Crippen LogP contribution in [0.5, 0.6) is 0 Å². The first-order chi connectivity index (χ1) is 11.2. The van der Waals surface area contributed by atoms with E-state index in [1.807, 2.05) is 0 Å². The van der Waals surface area contributed by atoms with Crippen LogP contribution < -0.4 is 0 Å². The minimum atomic E-state index is -4.91. The molecule has 14 heteroatoms. The summed E-state index contributed by atoms with van der Waals surface area (Å²) in [5.74, 6) is 0. The van der Waals surface area contributed by atoms with E-state index >= 15 is 0 Å². The smallest absolute Gasteiger partial charge is 0.290 e. The first-order valence-electron chi connectivity index (χ1n) is 5.79. The summed E-state index contributed by atoms with van der Waals surface area (Å²) in [5.41, 5.74) is -1.33. The van der Waals surface area contributed by atoms with Gasteiger partial charge >= 0.3 is 10.1 Å². The first-order valence-corrected chi connectivity index (χ1v) is 9.58. The quantitative estimate of drug-likeness (QED) is 0.377. The fourth-order valence-electron chi connectivity index (χ4n) is 1.70. The highest BCUT2D eigenvalue weighted by atomic mass is 79.9. The fourth-order valence-corrected chi connectivity index (χ4v) is 4.12. The molecule has 0 unspecified atom stereocenters. The molecule has 0 atom stereocenters. The highest BCUT2D eigenvalue weighted by molar-refractivity contribution is 9.10. The molecule has 1 aromatic heterocycles. The predicted octanol–water partition coefficient (Wildman–Crippen LogP) is 5.79. The molecule has 0 spiro atoms. The van der Waals surface area contributed by atoms with Crippen LogP contribution in [0.3, 0.4) is 0 Å². The first kappa shape index (κ1) is 21.0. The molecule has 0 N–H and O–H groups in total. The van der Waals surface area contributed by atoms with E-state index in [-0.39, 0.29) is 10.4 Å². The van der Waals surface area contributed by atoms with Crippen LogP contribution in [0.15, 0.2) is 28.1 Å². The summed E-state index contributed by atoms with van der Waals surface area (Å²) in [6, 6.07) is 1.18. The summed E-state index contributed by atoms with van der Waals surface area (Å²) in [6.07, 6.45) is -3.95. The largest absolute Gasteiger partial charge is 0.416 e. The third-order valence-corrected chi connectivity index (χ3v) is 6.52. The van der Waals surface area contributed by atoms with Crippen LogP contribution >= 0.6 is 62.3 Å². The number of aromatic nitrogens is 2. The normalized spacial score (nSPS) is 13.3. The number of nitrogens with zero attached hydrogens (tertiary/aromatic N) is 2. The number of imidazole rings is 1. The van der Waals surface area contributed by atoms with Gasteiger partial charge in [0.15, 0.2) is 9.76 Å². The van der Waals surface area contributed by atoms with Crippen molar-refractivity contribution >= 4 is 72.2 Å². The van der Waals surface area contributed by atoms with Gasteiger partial charge in [-0.2, -0.15) is 17.6 Å². The molecule has 25 heavy (non-hydrogen) atoms. The van der Waals surface area contributed by atoms with E-state index in [0.29, 0.717) is 12.1 Å². The molecular formula is C11H3BrCl4F4N2O2S. The van der Waals surface area contributed by atoms with Gasteiger partial charge in [0.05, 0.1) is 21.3 Å². The fraction of sp³-hybridized carbons (Fsp3) is 0.182. The maximum atomic E-state index is 13.4. The molecule has 0 saturated carbocycles. The van der Waals surface area contributed by atoms with Gasteiger partial charge in [0.1, 0.15) is 0 Å². The molecule has 2 aromatic rings. The summed E-state index contributed by atoms with van der Waals surface area (Å²) < 4.78 is 72.4. The molecule has 4 nitrogen and oxygen atoms in total. The summed E-state index contributed by atoms with van der Waals surface area (Å²) in [5, 5.41) is -1.80. The summed E-state index contributed by atoms with van der Waals surface area (Å²) in [4.78, 5) is 3.52. The lowest BCUT2D eigenvalue weighted by Crippen LogP contribution is -2.21. The molecule has 0 amide bonds. The van der Waals surface area contributed by atoms with Gasteiger partial charge in [-0.1, -0.05) is 23.2 Å². The Bertz CT molecular complexity index is 918. The van der Waals surface area contributed by atoms with Crippen LogP contribution in [0.1, 0.15) is 5.56 Å². The minimum Gasteiger partial charge on any atom is -0.290 e. The van der Waals surface area contributed by atoms with E-state index < -0.39 is 40.6 Å². The third kappa shape index (κ3) is 4.03. The van der Waals surface area contributed by atoms with Crippen molar-refractivity contribution in [3.05, 3.63) is 38.7 Å². The number of benzene rings is 1. The number of rotatable bonds is 3. The molecule has 1 aromatic carbocycles. The van der Waals surface area contributed by atoms with Gasteiger partial charge in [-0.25, -0.2) is 13.4 Å². The Morgan fingerprint density at radius 1 is 1.08 bits per heavy atom. The van der Waals surface area contributed by atoms with Crippen LogP contribution in [0.2, 0.25) is 10.0 Å². The Balaban J connectivity index is 2.66. The van der Waals surface area contributed by atoms with Gasteiger partial charge in [0, 0.05) is 6.20 Å². The zero-order valence-electron chi connectivity index (χ0n) is 11.3. The maximum absolute atomic E-state index is 13.4. The van der Waals surface area contributed by atoms with E-state index in [1.54, 1.807) is 0 Å². The van der Waals surface area contributed by atoms with E-state index in [2.05, 4.69) is 20.9 Å². The van der Waals surface area contributed by atoms with Crippen molar-refractivity contribution in [1.82, 2.24) is 9.55 Å². The van der Waals surface area contributed by atoms with Crippen molar-refractivity contribution in [1.29, 1.82) is 0 Å². The number of halogens is 9. The van der Waals surface area contributed by atoms with Gasteiger partial charge in [-0.05, 0) is 51.3 Å². The lowest BCUT2D eigenvalue weighted by molar-refractivity contribution is -0.137. The molecule has 2 rings (SSSR count). The highest BCUT2D eigenvalue weighted by Crippen LogP contribution is 2.40. The number of alkyl halides is 6.